The van der Waals surface area contributed by atoms with Crippen molar-refractivity contribution < 1.29 is 14.3 Å². The van der Waals surface area contributed by atoms with Crippen LogP contribution in [-0.2, 0) is 9.53 Å². The summed E-state index contributed by atoms with van der Waals surface area (Å²) in [7, 11) is 1.24. The van der Waals surface area contributed by atoms with Gasteiger partial charge in [0.15, 0.2) is 0 Å². The number of ether oxygens (including phenoxy) is 1. The third-order valence-electron chi connectivity index (χ3n) is 1.83. The fourth-order valence-corrected chi connectivity index (χ4v) is 1.32. The molecule has 1 aromatic carbocycles. The summed E-state index contributed by atoms with van der Waals surface area (Å²) < 4.78 is 4.42. The van der Waals surface area contributed by atoms with Gasteiger partial charge in [-0.25, -0.2) is 4.79 Å². The second kappa shape index (κ2) is 5.41. The maximum Gasteiger partial charge on any atom is 0.407 e. The smallest absolute Gasteiger partial charge is 0.407 e. The summed E-state index contributed by atoms with van der Waals surface area (Å²) in [5.41, 5.74) is 0.669. The SMILES string of the molecule is COC(=O)N[C@@H](C(=O)S)c1ccccc1. The molecular formula is C10H11NO3S. The van der Waals surface area contributed by atoms with Crippen molar-refractivity contribution in [2.24, 2.45) is 0 Å². The summed E-state index contributed by atoms with van der Waals surface area (Å²) in [6, 6.07) is 8.06. The molecule has 1 amide bonds. The lowest BCUT2D eigenvalue weighted by Gasteiger charge is -2.14. The topological polar surface area (TPSA) is 55.4 Å². The average Bonchev–Trinajstić information content (AvgIpc) is 2.26. The molecule has 0 aliphatic carbocycles. The minimum absolute atomic E-state index is 0.438. The zero-order valence-corrected chi connectivity index (χ0v) is 9.03. The van der Waals surface area contributed by atoms with E-state index in [0.717, 1.165) is 0 Å². The first-order valence-electron chi connectivity index (χ1n) is 4.27. The summed E-state index contributed by atoms with van der Waals surface area (Å²) in [4.78, 5) is 22.2. The molecule has 15 heavy (non-hydrogen) atoms. The highest BCUT2D eigenvalue weighted by molar-refractivity contribution is 7.96. The summed E-state index contributed by atoms with van der Waals surface area (Å²) in [6.45, 7) is 0. The van der Waals surface area contributed by atoms with E-state index in [9.17, 15) is 9.59 Å². The summed E-state index contributed by atoms with van der Waals surface area (Å²) in [5.74, 6) is 0. The number of amides is 1. The quantitative estimate of drug-likeness (QED) is 0.767. The molecular weight excluding hydrogens is 214 g/mol. The number of hydrogen-bond acceptors (Lipinski definition) is 3. The molecule has 0 saturated carbocycles. The van der Waals surface area contributed by atoms with Gasteiger partial charge in [0.2, 0.25) is 5.12 Å². The summed E-state index contributed by atoms with van der Waals surface area (Å²) in [5, 5.41) is 1.96. The number of hydrogen-bond donors (Lipinski definition) is 2. The number of benzene rings is 1. The van der Waals surface area contributed by atoms with Crippen LogP contribution < -0.4 is 5.32 Å². The van der Waals surface area contributed by atoms with Crippen molar-refractivity contribution in [3.63, 3.8) is 0 Å². The van der Waals surface area contributed by atoms with E-state index in [1.165, 1.54) is 7.11 Å². The van der Waals surface area contributed by atoms with Crippen LogP contribution in [0.3, 0.4) is 0 Å². The van der Waals surface area contributed by atoms with Gasteiger partial charge in [-0.2, -0.15) is 0 Å². The highest BCUT2D eigenvalue weighted by Gasteiger charge is 2.19. The van der Waals surface area contributed by atoms with Crippen molar-refractivity contribution in [1.29, 1.82) is 0 Å². The Kier molecular flexibility index (Phi) is 4.17. The summed E-state index contributed by atoms with van der Waals surface area (Å²) >= 11 is 3.71. The maximum absolute atomic E-state index is 11.2. The number of methoxy groups -OCH3 is 1. The molecule has 0 fully saturated rings. The molecule has 80 valence electrons. The Balaban J connectivity index is 2.84. The first kappa shape index (κ1) is 11.6. The van der Waals surface area contributed by atoms with Gasteiger partial charge in [-0.15, -0.1) is 12.6 Å². The lowest BCUT2D eigenvalue weighted by atomic mass is 10.1. The van der Waals surface area contributed by atoms with Crippen LogP contribution >= 0.6 is 12.6 Å². The third-order valence-corrected chi connectivity index (χ3v) is 2.09. The van der Waals surface area contributed by atoms with Gasteiger partial charge in [0.1, 0.15) is 6.04 Å². The van der Waals surface area contributed by atoms with E-state index in [1.807, 2.05) is 6.07 Å². The monoisotopic (exact) mass is 225 g/mol. The van der Waals surface area contributed by atoms with E-state index < -0.39 is 17.3 Å². The molecule has 4 nitrogen and oxygen atoms in total. The molecule has 5 heteroatoms. The Hall–Kier alpha value is -1.49. The standard InChI is InChI=1S/C10H11NO3S/c1-14-10(13)11-8(9(12)15)7-5-3-2-4-6-7/h2-6,8H,1H3,(H,11,13)(H,12,15)/t8-/m1/s1. The second-order valence-corrected chi connectivity index (χ2v) is 3.26. The van der Waals surface area contributed by atoms with Crippen molar-refractivity contribution >= 4 is 23.8 Å². The average molecular weight is 225 g/mol. The minimum Gasteiger partial charge on any atom is -0.453 e. The highest BCUT2D eigenvalue weighted by Crippen LogP contribution is 2.15. The molecule has 0 aromatic heterocycles. The lowest BCUT2D eigenvalue weighted by molar-refractivity contribution is -0.112. The van der Waals surface area contributed by atoms with Crippen LogP contribution in [0.4, 0.5) is 4.79 Å². The molecule has 0 unspecified atom stereocenters. The van der Waals surface area contributed by atoms with Gasteiger partial charge >= 0.3 is 6.09 Å². The first-order valence-corrected chi connectivity index (χ1v) is 4.72. The van der Waals surface area contributed by atoms with Crippen molar-refractivity contribution in [2.75, 3.05) is 7.11 Å². The molecule has 0 aliphatic heterocycles. The number of carbonyl (C=O) groups excluding carboxylic acids is 2. The van der Waals surface area contributed by atoms with Crippen LogP contribution in [0.25, 0.3) is 0 Å². The lowest BCUT2D eigenvalue weighted by Crippen LogP contribution is -2.31. The predicted molar refractivity (Wildman–Crippen MR) is 58.7 cm³/mol. The van der Waals surface area contributed by atoms with Gasteiger partial charge in [0, 0.05) is 0 Å². The van der Waals surface area contributed by atoms with Crippen LogP contribution in [-0.4, -0.2) is 18.3 Å². The predicted octanol–water partition coefficient (Wildman–Crippen LogP) is 1.54. The molecule has 0 heterocycles. The van der Waals surface area contributed by atoms with Gasteiger partial charge in [0.25, 0.3) is 0 Å². The Morgan fingerprint density at radius 2 is 1.93 bits per heavy atom. The Labute approximate surface area is 93.0 Å². The Bertz CT molecular complexity index is 353. The molecule has 1 aromatic rings. The van der Waals surface area contributed by atoms with E-state index in [4.69, 9.17) is 0 Å². The van der Waals surface area contributed by atoms with E-state index in [-0.39, 0.29) is 0 Å². The molecule has 0 bridgehead atoms. The van der Waals surface area contributed by atoms with Crippen LogP contribution in [0.2, 0.25) is 0 Å². The third kappa shape index (κ3) is 3.28. The maximum atomic E-state index is 11.2. The van der Waals surface area contributed by atoms with Crippen molar-refractivity contribution in [2.45, 2.75) is 6.04 Å². The van der Waals surface area contributed by atoms with Crippen LogP contribution in [0, 0.1) is 0 Å². The fraction of sp³-hybridized carbons (Fsp3) is 0.200. The van der Waals surface area contributed by atoms with E-state index in [1.54, 1.807) is 24.3 Å². The van der Waals surface area contributed by atoms with Gasteiger partial charge in [-0.1, -0.05) is 30.3 Å². The van der Waals surface area contributed by atoms with E-state index in [2.05, 4.69) is 22.7 Å². The number of rotatable bonds is 3. The number of thiol groups is 1. The van der Waals surface area contributed by atoms with Crippen LogP contribution in [0.15, 0.2) is 30.3 Å². The highest BCUT2D eigenvalue weighted by atomic mass is 32.1. The molecule has 0 aliphatic rings. The van der Waals surface area contributed by atoms with Crippen molar-refractivity contribution in [1.82, 2.24) is 5.32 Å². The van der Waals surface area contributed by atoms with E-state index >= 15 is 0 Å². The number of carbonyl (C=O) groups is 2. The largest absolute Gasteiger partial charge is 0.453 e. The molecule has 0 saturated heterocycles. The molecule has 0 spiro atoms. The normalized spacial score (nSPS) is 11.6. The first-order chi connectivity index (χ1) is 7.15. The zero-order chi connectivity index (χ0) is 11.3. The fourth-order valence-electron chi connectivity index (χ4n) is 1.11. The van der Waals surface area contributed by atoms with Crippen molar-refractivity contribution in [3.05, 3.63) is 35.9 Å². The minimum atomic E-state index is -0.776. The van der Waals surface area contributed by atoms with Gasteiger partial charge in [0.05, 0.1) is 7.11 Å². The molecule has 1 atom stereocenters. The second-order valence-electron chi connectivity index (χ2n) is 2.82. The number of alkyl carbamates (subject to hydrolysis) is 1. The van der Waals surface area contributed by atoms with Gasteiger partial charge in [-0.3, -0.25) is 4.79 Å². The van der Waals surface area contributed by atoms with E-state index in [0.29, 0.717) is 5.56 Å². The number of nitrogens with one attached hydrogen (secondary N) is 1. The van der Waals surface area contributed by atoms with Crippen molar-refractivity contribution in [3.8, 4) is 0 Å². The molecule has 0 radical (unpaired) electrons. The van der Waals surface area contributed by atoms with Gasteiger partial charge in [-0.05, 0) is 5.56 Å². The van der Waals surface area contributed by atoms with Crippen LogP contribution in [0.5, 0.6) is 0 Å². The Morgan fingerprint density at radius 1 is 1.33 bits per heavy atom. The molecule has 1 rings (SSSR count). The van der Waals surface area contributed by atoms with Gasteiger partial charge < -0.3 is 10.1 Å². The Morgan fingerprint density at radius 3 is 2.40 bits per heavy atom. The molecule has 1 N–H and O–H groups in total. The zero-order valence-electron chi connectivity index (χ0n) is 8.14. The van der Waals surface area contributed by atoms with Crippen LogP contribution in [0.1, 0.15) is 11.6 Å². The summed E-state index contributed by atoms with van der Waals surface area (Å²) in [6.07, 6.45) is -0.661.